The van der Waals surface area contributed by atoms with Gasteiger partial charge in [0, 0.05) is 22.3 Å². The van der Waals surface area contributed by atoms with E-state index in [2.05, 4.69) is 38.2 Å². The summed E-state index contributed by atoms with van der Waals surface area (Å²) < 4.78 is 0. The van der Waals surface area contributed by atoms with Gasteiger partial charge >= 0.3 is 0 Å². The van der Waals surface area contributed by atoms with Crippen molar-refractivity contribution in [1.29, 1.82) is 0 Å². The monoisotopic (exact) mass is 293 g/mol. The van der Waals surface area contributed by atoms with Crippen LogP contribution in [0.2, 0.25) is 10.0 Å². The van der Waals surface area contributed by atoms with Crippen molar-refractivity contribution in [2.24, 2.45) is 0 Å². The fourth-order valence-electron chi connectivity index (χ4n) is 2.06. The van der Waals surface area contributed by atoms with Crippen LogP contribution in [0.1, 0.15) is 22.3 Å². The summed E-state index contributed by atoms with van der Waals surface area (Å²) in [5, 5.41) is 4.65. The third kappa shape index (κ3) is 3.65. The van der Waals surface area contributed by atoms with Gasteiger partial charge in [-0.25, -0.2) is 0 Å². The number of halogens is 2. The highest BCUT2D eigenvalue weighted by Gasteiger charge is 2.03. The molecule has 3 heteroatoms. The first-order valence-electron chi connectivity index (χ1n) is 6.22. The topological polar surface area (TPSA) is 12.0 Å². The molecule has 0 aliphatic rings. The second-order valence-electron chi connectivity index (χ2n) is 4.87. The van der Waals surface area contributed by atoms with Gasteiger partial charge in [0.2, 0.25) is 0 Å². The summed E-state index contributed by atoms with van der Waals surface area (Å²) >= 11 is 12.0. The van der Waals surface area contributed by atoms with Crippen LogP contribution in [0.5, 0.6) is 0 Å². The molecule has 1 nitrogen and oxygen atoms in total. The zero-order valence-electron chi connectivity index (χ0n) is 11.3. The van der Waals surface area contributed by atoms with Crippen molar-refractivity contribution in [3.8, 4) is 0 Å². The Kier molecular flexibility index (Phi) is 4.38. The Labute approximate surface area is 124 Å². The Morgan fingerprint density at radius 3 is 2.00 bits per heavy atom. The number of hydrogen-bond donors (Lipinski definition) is 1. The van der Waals surface area contributed by atoms with Crippen LogP contribution in [0.4, 0.5) is 5.69 Å². The molecule has 19 heavy (non-hydrogen) atoms. The van der Waals surface area contributed by atoms with E-state index in [9.17, 15) is 0 Å². The van der Waals surface area contributed by atoms with E-state index in [1.807, 2.05) is 12.1 Å². The third-order valence-electron chi connectivity index (χ3n) is 3.30. The van der Waals surface area contributed by atoms with Crippen molar-refractivity contribution < 1.29 is 0 Å². The molecule has 0 aromatic heterocycles. The van der Waals surface area contributed by atoms with Gasteiger partial charge in [0.25, 0.3) is 0 Å². The number of benzene rings is 2. The highest BCUT2D eigenvalue weighted by molar-refractivity contribution is 6.35. The number of aryl methyl sites for hydroxylation is 3. The number of anilines is 1. The molecular formula is C16H17Cl2N. The van der Waals surface area contributed by atoms with E-state index in [0.717, 1.165) is 12.2 Å². The number of rotatable bonds is 3. The van der Waals surface area contributed by atoms with Crippen molar-refractivity contribution in [3.05, 3.63) is 62.6 Å². The maximum atomic E-state index is 5.98. The first kappa shape index (κ1) is 14.2. The minimum atomic E-state index is 0.645. The van der Waals surface area contributed by atoms with Crippen LogP contribution >= 0.6 is 23.2 Å². The van der Waals surface area contributed by atoms with Gasteiger partial charge in [0.15, 0.2) is 0 Å². The van der Waals surface area contributed by atoms with Gasteiger partial charge in [0.05, 0.1) is 0 Å². The summed E-state index contributed by atoms with van der Waals surface area (Å²) in [6.45, 7) is 7.17. The normalized spacial score (nSPS) is 10.6. The molecule has 0 unspecified atom stereocenters. The van der Waals surface area contributed by atoms with Crippen molar-refractivity contribution in [3.63, 3.8) is 0 Å². The molecule has 0 atom stereocenters. The molecule has 0 bridgehead atoms. The van der Waals surface area contributed by atoms with Gasteiger partial charge in [-0.05, 0) is 61.2 Å². The van der Waals surface area contributed by atoms with Gasteiger partial charge in [-0.2, -0.15) is 0 Å². The molecule has 0 aliphatic carbocycles. The van der Waals surface area contributed by atoms with Crippen LogP contribution < -0.4 is 5.32 Å². The molecule has 0 fully saturated rings. The largest absolute Gasteiger partial charge is 0.381 e. The molecule has 2 rings (SSSR count). The molecule has 0 spiro atoms. The highest BCUT2D eigenvalue weighted by atomic mass is 35.5. The molecule has 2 aromatic rings. The van der Waals surface area contributed by atoms with E-state index in [1.54, 1.807) is 6.07 Å². The maximum absolute atomic E-state index is 5.98. The molecule has 2 aromatic carbocycles. The van der Waals surface area contributed by atoms with E-state index in [4.69, 9.17) is 23.2 Å². The minimum absolute atomic E-state index is 0.645. The molecule has 0 saturated carbocycles. The van der Waals surface area contributed by atoms with Crippen molar-refractivity contribution in [2.75, 3.05) is 5.32 Å². The molecular weight excluding hydrogens is 277 g/mol. The Hall–Kier alpha value is -1.18. The molecule has 0 heterocycles. The van der Waals surface area contributed by atoms with Crippen molar-refractivity contribution in [2.45, 2.75) is 27.3 Å². The lowest BCUT2D eigenvalue weighted by atomic mass is 10.0. The lowest BCUT2D eigenvalue weighted by molar-refractivity contribution is 1.10. The van der Waals surface area contributed by atoms with Crippen LogP contribution in [0.3, 0.4) is 0 Å². The lowest BCUT2D eigenvalue weighted by Gasteiger charge is -2.12. The molecule has 0 saturated heterocycles. The van der Waals surface area contributed by atoms with E-state index in [-0.39, 0.29) is 0 Å². The predicted molar refractivity (Wildman–Crippen MR) is 84.4 cm³/mol. The van der Waals surface area contributed by atoms with E-state index >= 15 is 0 Å². The predicted octanol–water partition coefficient (Wildman–Crippen LogP) is 5.53. The van der Waals surface area contributed by atoms with Crippen LogP contribution in [-0.2, 0) is 6.54 Å². The standard InChI is InChI=1S/C16H17Cl2N/c1-10-4-12(3)13(5-11(10)2)9-19-16-7-14(17)6-15(18)8-16/h4-8,19H,9H2,1-3H3. The van der Waals surface area contributed by atoms with E-state index in [0.29, 0.717) is 10.0 Å². The van der Waals surface area contributed by atoms with Gasteiger partial charge in [-0.15, -0.1) is 0 Å². The van der Waals surface area contributed by atoms with Gasteiger partial charge in [0.1, 0.15) is 0 Å². The second-order valence-corrected chi connectivity index (χ2v) is 5.75. The fourth-order valence-corrected chi connectivity index (χ4v) is 2.59. The quantitative estimate of drug-likeness (QED) is 0.784. The van der Waals surface area contributed by atoms with Gasteiger partial charge in [-0.3, -0.25) is 0 Å². The average molecular weight is 294 g/mol. The fraction of sp³-hybridized carbons (Fsp3) is 0.250. The summed E-state index contributed by atoms with van der Waals surface area (Å²) in [5.74, 6) is 0. The van der Waals surface area contributed by atoms with E-state index in [1.165, 1.54) is 22.3 Å². The first-order chi connectivity index (χ1) is 8.95. The SMILES string of the molecule is Cc1cc(C)c(CNc2cc(Cl)cc(Cl)c2)cc1C. The third-order valence-corrected chi connectivity index (χ3v) is 3.73. The summed E-state index contributed by atoms with van der Waals surface area (Å²) in [5.41, 5.74) is 6.16. The van der Waals surface area contributed by atoms with Crippen LogP contribution in [0.15, 0.2) is 30.3 Å². The van der Waals surface area contributed by atoms with Crippen molar-refractivity contribution >= 4 is 28.9 Å². The Bertz CT molecular complexity index is 586. The smallest absolute Gasteiger partial charge is 0.0441 e. The summed E-state index contributed by atoms with van der Waals surface area (Å²) in [7, 11) is 0. The Balaban J connectivity index is 2.16. The van der Waals surface area contributed by atoms with Crippen LogP contribution in [0.25, 0.3) is 0 Å². The first-order valence-corrected chi connectivity index (χ1v) is 6.98. The lowest BCUT2D eigenvalue weighted by Crippen LogP contribution is -2.02. The summed E-state index contributed by atoms with van der Waals surface area (Å²) in [6.07, 6.45) is 0. The number of hydrogen-bond acceptors (Lipinski definition) is 1. The second kappa shape index (κ2) is 5.85. The summed E-state index contributed by atoms with van der Waals surface area (Å²) in [4.78, 5) is 0. The van der Waals surface area contributed by atoms with Gasteiger partial charge in [-0.1, -0.05) is 35.3 Å². The van der Waals surface area contributed by atoms with Crippen LogP contribution in [-0.4, -0.2) is 0 Å². The van der Waals surface area contributed by atoms with Gasteiger partial charge < -0.3 is 5.32 Å². The Morgan fingerprint density at radius 1 is 0.789 bits per heavy atom. The van der Waals surface area contributed by atoms with E-state index < -0.39 is 0 Å². The van der Waals surface area contributed by atoms with Crippen molar-refractivity contribution in [1.82, 2.24) is 0 Å². The molecule has 0 radical (unpaired) electrons. The molecule has 100 valence electrons. The molecule has 1 N–H and O–H groups in total. The Morgan fingerprint density at radius 2 is 1.37 bits per heavy atom. The zero-order chi connectivity index (χ0) is 14.0. The molecule has 0 amide bonds. The minimum Gasteiger partial charge on any atom is -0.381 e. The van der Waals surface area contributed by atoms with Crippen LogP contribution in [0, 0.1) is 20.8 Å². The molecule has 0 aliphatic heterocycles. The number of nitrogens with one attached hydrogen (secondary N) is 1. The maximum Gasteiger partial charge on any atom is 0.0441 e. The highest BCUT2D eigenvalue weighted by Crippen LogP contribution is 2.23. The zero-order valence-corrected chi connectivity index (χ0v) is 12.9. The summed E-state index contributed by atoms with van der Waals surface area (Å²) in [6, 6.07) is 9.93. The average Bonchev–Trinajstić information content (AvgIpc) is 2.31.